The van der Waals surface area contributed by atoms with Crippen molar-refractivity contribution in [3.8, 4) is 0 Å². The molecule has 0 radical (unpaired) electrons. The van der Waals surface area contributed by atoms with Crippen LogP contribution in [0.1, 0.15) is 45.6 Å². The van der Waals surface area contributed by atoms with Crippen LogP contribution in [0.25, 0.3) is 0 Å². The first-order chi connectivity index (χ1) is 8.15. The van der Waals surface area contributed by atoms with Gasteiger partial charge >= 0.3 is 5.69 Å². The summed E-state index contributed by atoms with van der Waals surface area (Å²) in [6.45, 7) is 5.06. The first-order valence-electron chi connectivity index (χ1n) is 6.92. The Morgan fingerprint density at radius 1 is 1.29 bits per heavy atom. The molecule has 1 aromatic heterocycles. The molecule has 0 saturated heterocycles. The average Bonchev–Trinajstić information content (AvgIpc) is 2.95. The third-order valence-corrected chi connectivity index (χ3v) is 4.75. The molecule has 94 valence electrons. The Morgan fingerprint density at radius 3 is 2.65 bits per heavy atom. The van der Waals surface area contributed by atoms with Crippen molar-refractivity contribution in [1.29, 1.82) is 0 Å². The molecule has 3 unspecified atom stereocenters. The van der Waals surface area contributed by atoms with E-state index >= 15 is 0 Å². The summed E-state index contributed by atoms with van der Waals surface area (Å²) >= 11 is 0. The first-order valence-corrected chi connectivity index (χ1v) is 6.92. The van der Waals surface area contributed by atoms with Gasteiger partial charge in [0.1, 0.15) is 0 Å². The van der Waals surface area contributed by atoms with Crippen LogP contribution in [-0.2, 0) is 6.54 Å². The van der Waals surface area contributed by atoms with E-state index in [1.807, 2.05) is 21.5 Å². The van der Waals surface area contributed by atoms with Gasteiger partial charge in [0, 0.05) is 25.0 Å². The summed E-state index contributed by atoms with van der Waals surface area (Å²) in [5.74, 6) is 2.62. The molecule has 3 rings (SSSR count). The van der Waals surface area contributed by atoms with Crippen molar-refractivity contribution in [2.45, 2.75) is 52.1 Å². The van der Waals surface area contributed by atoms with Crippen molar-refractivity contribution in [2.24, 2.45) is 17.8 Å². The summed E-state index contributed by atoms with van der Waals surface area (Å²) < 4.78 is 3.75. The Kier molecular flexibility index (Phi) is 2.64. The van der Waals surface area contributed by atoms with E-state index in [-0.39, 0.29) is 11.7 Å². The third kappa shape index (κ3) is 1.85. The second-order valence-corrected chi connectivity index (χ2v) is 6.17. The van der Waals surface area contributed by atoms with Gasteiger partial charge in [-0.05, 0) is 50.9 Å². The van der Waals surface area contributed by atoms with Crippen LogP contribution in [0.5, 0.6) is 0 Å². The molecule has 17 heavy (non-hydrogen) atoms. The number of hydrogen-bond donors (Lipinski definition) is 0. The van der Waals surface area contributed by atoms with E-state index in [1.165, 1.54) is 25.7 Å². The predicted molar refractivity (Wildman–Crippen MR) is 68.0 cm³/mol. The van der Waals surface area contributed by atoms with Gasteiger partial charge in [-0.1, -0.05) is 6.42 Å². The highest BCUT2D eigenvalue weighted by atomic mass is 16.1. The van der Waals surface area contributed by atoms with Crippen molar-refractivity contribution in [3.63, 3.8) is 0 Å². The average molecular weight is 234 g/mol. The molecule has 2 bridgehead atoms. The molecule has 0 spiro atoms. The molecule has 2 aliphatic rings. The number of nitrogens with zero attached hydrogens (tertiary/aromatic N) is 2. The van der Waals surface area contributed by atoms with Crippen molar-refractivity contribution in [2.75, 3.05) is 0 Å². The van der Waals surface area contributed by atoms with E-state index < -0.39 is 0 Å². The highest BCUT2D eigenvalue weighted by Gasteiger charge is 2.39. The van der Waals surface area contributed by atoms with Gasteiger partial charge in [-0.2, -0.15) is 0 Å². The number of aromatic nitrogens is 2. The number of hydrogen-bond acceptors (Lipinski definition) is 1. The molecular formula is C14H22N2O. The summed E-state index contributed by atoms with van der Waals surface area (Å²) in [7, 11) is 0. The van der Waals surface area contributed by atoms with E-state index in [0.29, 0.717) is 0 Å². The molecule has 0 aliphatic heterocycles. The number of fused-ring (bicyclic) bond motifs is 2. The minimum absolute atomic E-state index is 0.169. The highest BCUT2D eigenvalue weighted by Crippen LogP contribution is 2.48. The lowest BCUT2D eigenvalue weighted by Gasteiger charge is -2.21. The smallest absolute Gasteiger partial charge is 0.299 e. The highest BCUT2D eigenvalue weighted by molar-refractivity contribution is 4.92. The van der Waals surface area contributed by atoms with Crippen LogP contribution in [0.2, 0.25) is 0 Å². The lowest BCUT2D eigenvalue weighted by molar-refractivity contribution is 0.291. The standard InChI is InChI=1S/C14H22N2O/c1-10(2)16-6-5-15(14(16)17)9-13-8-11-3-4-12(13)7-11/h5-6,10-13H,3-4,7-9H2,1-2H3. The minimum atomic E-state index is 0.169. The summed E-state index contributed by atoms with van der Waals surface area (Å²) in [6, 6.07) is 0.267. The van der Waals surface area contributed by atoms with Crippen LogP contribution in [0.3, 0.4) is 0 Å². The molecule has 2 aliphatic carbocycles. The molecule has 3 nitrogen and oxygen atoms in total. The van der Waals surface area contributed by atoms with Crippen molar-refractivity contribution < 1.29 is 0 Å². The van der Waals surface area contributed by atoms with Crippen LogP contribution in [-0.4, -0.2) is 9.13 Å². The second-order valence-electron chi connectivity index (χ2n) is 6.17. The van der Waals surface area contributed by atoms with E-state index in [2.05, 4.69) is 13.8 Å². The Balaban J connectivity index is 1.75. The summed E-state index contributed by atoms with van der Waals surface area (Å²) in [4.78, 5) is 12.1. The Labute approximate surface area is 102 Å². The fourth-order valence-electron chi connectivity index (χ4n) is 3.81. The maximum Gasteiger partial charge on any atom is 0.328 e. The van der Waals surface area contributed by atoms with Gasteiger partial charge in [-0.15, -0.1) is 0 Å². The summed E-state index contributed by atoms with van der Waals surface area (Å²) in [5, 5.41) is 0. The third-order valence-electron chi connectivity index (χ3n) is 4.75. The molecular weight excluding hydrogens is 212 g/mol. The zero-order chi connectivity index (χ0) is 12.0. The molecule has 0 amide bonds. The summed E-state index contributed by atoms with van der Waals surface area (Å²) in [6.07, 6.45) is 9.50. The molecule has 3 heteroatoms. The van der Waals surface area contributed by atoms with Gasteiger partial charge in [-0.3, -0.25) is 9.13 Å². The Bertz CT molecular complexity index is 457. The number of rotatable bonds is 3. The zero-order valence-corrected chi connectivity index (χ0v) is 10.8. The first kappa shape index (κ1) is 11.1. The Morgan fingerprint density at radius 2 is 2.12 bits per heavy atom. The molecule has 2 saturated carbocycles. The van der Waals surface area contributed by atoms with Gasteiger partial charge in [0.2, 0.25) is 0 Å². The lowest BCUT2D eigenvalue weighted by Crippen LogP contribution is -2.29. The zero-order valence-electron chi connectivity index (χ0n) is 10.8. The summed E-state index contributed by atoms with van der Waals surface area (Å²) in [5.41, 5.74) is 0.169. The molecule has 0 N–H and O–H groups in total. The molecule has 1 aromatic rings. The van der Waals surface area contributed by atoms with E-state index in [0.717, 1.165) is 24.3 Å². The van der Waals surface area contributed by atoms with Crippen LogP contribution in [0.15, 0.2) is 17.2 Å². The van der Waals surface area contributed by atoms with E-state index in [4.69, 9.17) is 0 Å². The van der Waals surface area contributed by atoms with Crippen molar-refractivity contribution in [3.05, 3.63) is 22.9 Å². The maximum absolute atomic E-state index is 12.1. The normalized spacial score (nSPS) is 31.6. The largest absolute Gasteiger partial charge is 0.328 e. The van der Waals surface area contributed by atoms with Gasteiger partial charge in [0.15, 0.2) is 0 Å². The lowest BCUT2D eigenvalue weighted by atomic mass is 9.89. The van der Waals surface area contributed by atoms with Gasteiger partial charge < -0.3 is 0 Å². The molecule has 0 aromatic carbocycles. The second kappa shape index (κ2) is 4.04. The van der Waals surface area contributed by atoms with Gasteiger partial charge in [-0.25, -0.2) is 4.79 Å². The fraction of sp³-hybridized carbons (Fsp3) is 0.786. The Hall–Kier alpha value is -0.990. The molecule has 1 heterocycles. The van der Waals surface area contributed by atoms with Crippen LogP contribution in [0, 0.1) is 17.8 Å². The van der Waals surface area contributed by atoms with Crippen LogP contribution in [0.4, 0.5) is 0 Å². The molecule has 3 atom stereocenters. The van der Waals surface area contributed by atoms with E-state index in [1.54, 1.807) is 0 Å². The maximum atomic E-state index is 12.1. The molecule has 2 fully saturated rings. The monoisotopic (exact) mass is 234 g/mol. The predicted octanol–water partition coefficient (Wildman–Crippen LogP) is 2.67. The fourth-order valence-corrected chi connectivity index (χ4v) is 3.81. The van der Waals surface area contributed by atoms with Crippen molar-refractivity contribution >= 4 is 0 Å². The topological polar surface area (TPSA) is 26.9 Å². The number of imidazole rings is 1. The van der Waals surface area contributed by atoms with Gasteiger partial charge in [0.25, 0.3) is 0 Å². The quantitative estimate of drug-likeness (QED) is 0.790. The SMILES string of the molecule is CC(C)n1ccn(CC2CC3CCC2C3)c1=O. The minimum Gasteiger partial charge on any atom is -0.299 e. The van der Waals surface area contributed by atoms with E-state index in [9.17, 15) is 4.79 Å². The van der Waals surface area contributed by atoms with Crippen molar-refractivity contribution in [1.82, 2.24) is 9.13 Å². The van der Waals surface area contributed by atoms with Crippen LogP contribution < -0.4 is 5.69 Å². The van der Waals surface area contributed by atoms with Crippen LogP contribution >= 0.6 is 0 Å². The van der Waals surface area contributed by atoms with Gasteiger partial charge in [0.05, 0.1) is 0 Å².